The predicted molar refractivity (Wildman–Crippen MR) is 68.8 cm³/mol. The lowest BCUT2D eigenvalue weighted by Gasteiger charge is -2.20. The van der Waals surface area contributed by atoms with Gasteiger partial charge in [0, 0.05) is 19.0 Å². The van der Waals surface area contributed by atoms with Gasteiger partial charge in [0.2, 0.25) is 0 Å². The molecule has 0 aromatic heterocycles. The zero-order chi connectivity index (χ0) is 15.3. The molecule has 0 radical (unpaired) electrons. The fourth-order valence-corrected chi connectivity index (χ4v) is 1.56. The van der Waals surface area contributed by atoms with Crippen LogP contribution in [0.25, 0.3) is 0 Å². The SMILES string of the molecule is COC(Nc1ccc(C(F)(F)F)cc1)C(=CN)C(C)=O. The third-order valence-electron chi connectivity index (χ3n) is 2.61. The van der Waals surface area contributed by atoms with E-state index >= 15 is 0 Å². The fraction of sp³-hybridized carbons (Fsp3) is 0.308. The van der Waals surface area contributed by atoms with Gasteiger partial charge in [0.1, 0.15) is 0 Å². The molecule has 20 heavy (non-hydrogen) atoms. The Morgan fingerprint density at radius 3 is 2.25 bits per heavy atom. The maximum absolute atomic E-state index is 12.4. The maximum atomic E-state index is 12.4. The third-order valence-corrected chi connectivity index (χ3v) is 2.61. The Kier molecular flexibility index (Phi) is 5.15. The summed E-state index contributed by atoms with van der Waals surface area (Å²) in [6, 6.07) is 4.38. The van der Waals surface area contributed by atoms with Gasteiger partial charge in [-0.05, 0) is 31.2 Å². The van der Waals surface area contributed by atoms with Crippen molar-refractivity contribution >= 4 is 11.5 Å². The highest BCUT2D eigenvalue weighted by Gasteiger charge is 2.30. The second-order valence-electron chi connectivity index (χ2n) is 4.01. The average Bonchev–Trinajstić information content (AvgIpc) is 2.37. The molecule has 7 heteroatoms. The summed E-state index contributed by atoms with van der Waals surface area (Å²) in [5, 5.41) is 2.78. The summed E-state index contributed by atoms with van der Waals surface area (Å²) >= 11 is 0. The number of anilines is 1. The number of carbonyl (C=O) groups is 1. The molecule has 0 aliphatic heterocycles. The Morgan fingerprint density at radius 2 is 1.90 bits per heavy atom. The summed E-state index contributed by atoms with van der Waals surface area (Å²) in [5.41, 5.74) is 5.15. The number of hydrogen-bond donors (Lipinski definition) is 2. The number of ketones is 1. The van der Waals surface area contributed by atoms with Crippen molar-refractivity contribution in [2.45, 2.75) is 19.3 Å². The standard InChI is InChI=1S/C13H15F3N2O2/c1-8(19)11(7-17)12(20-2)18-10-5-3-9(4-6-10)13(14,15)16/h3-7,12,18H,17H2,1-2H3. The second-order valence-corrected chi connectivity index (χ2v) is 4.01. The average molecular weight is 288 g/mol. The van der Waals surface area contributed by atoms with Gasteiger partial charge >= 0.3 is 6.18 Å². The lowest BCUT2D eigenvalue weighted by Crippen LogP contribution is -2.28. The molecule has 4 nitrogen and oxygen atoms in total. The molecule has 110 valence electrons. The van der Waals surface area contributed by atoms with Crippen LogP contribution in [0.1, 0.15) is 12.5 Å². The molecule has 3 N–H and O–H groups in total. The van der Waals surface area contributed by atoms with E-state index in [0.717, 1.165) is 18.3 Å². The van der Waals surface area contributed by atoms with Crippen molar-refractivity contribution in [1.82, 2.24) is 0 Å². The van der Waals surface area contributed by atoms with Crippen molar-refractivity contribution in [2.75, 3.05) is 12.4 Å². The van der Waals surface area contributed by atoms with Crippen LogP contribution in [0, 0.1) is 0 Å². The number of carbonyl (C=O) groups excluding carboxylic acids is 1. The van der Waals surface area contributed by atoms with E-state index in [1.165, 1.54) is 26.2 Å². The number of alkyl halides is 3. The maximum Gasteiger partial charge on any atom is 0.416 e. The molecule has 1 aromatic rings. The Morgan fingerprint density at radius 1 is 1.35 bits per heavy atom. The van der Waals surface area contributed by atoms with E-state index in [0.29, 0.717) is 5.69 Å². The van der Waals surface area contributed by atoms with E-state index in [1.54, 1.807) is 0 Å². The molecule has 0 bridgehead atoms. The van der Waals surface area contributed by atoms with Crippen molar-refractivity contribution in [1.29, 1.82) is 0 Å². The molecule has 0 heterocycles. The Bertz CT molecular complexity index is 495. The molecule has 1 atom stereocenters. The topological polar surface area (TPSA) is 64.3 Å². The monoisotopic (exact) mass is 288 g/mol. The van der Waals surface area contributed by atoms with Gasteiger partial charge in [0.05, 0.1) is 11.1 Å². The molecule has 1 rings (SSSR count). The Hall–Kier alpha value is -2.02. The molecule has 0 aliphatic carbocycles. The number of Topliss-reactive ketones (excluding diaryl/α,β-unsaturated/α-hetero) is 1. The van der Waals surface area contributed by atoms with Gasteiger partial charge in [-0.3, -0.25) is 4.79 Å². The van der Waals surface area contributed by atoms with Crippen LogP contribution in [0.3, 0.4) is 0 Å². The molecule has 0 saturated carbocycles. The highest BCUT2D eigenvalue weighted by Crippen LogP contribution is 2.30. The van der Waals surface area contributed by atoms with Crippen molar-refractivity contribution < 1.29 is 22.7 Å². The summed E-state index contributed by atoms with van der Waals surface area (Å²) in [4.78, 5) is 11.3. The predicted octanol–water partition coefficient (Wildman–Crippen LogP) is 2.52. The number of ether oxygens (including phenoxy) is 1. The molecular weight excluding hydrogens is 273 g/mol. The number of nitrogens with one attached hydrogen (secondary N) is 1. The lowest BCUT2D eigenvalue weighted by molar-refractivity contribution is -0.137. The number of rotatable bonds is 5. The van der Waals surface area contributed by atoms with E-state index in [2.05, 4.69) is 5.32 Å². The highest BCUT2D eigenvalue weighted by molar-refractivity contribution is 5.94. The van der Waals surface area contributed by atoms with E-state index in [9.17, 15) is 18.0 Å². The van der Waals surface area contributed by atoms with Gasteiger partial charge in [0.15, 0.2) is 12.0 Å². The Balaban J connectivity index is 2.89. The number of halogens is 3. The molecule has 0 spiro atoms. The first-order valence-corrected chi connectivity index (χ1v) is 5.69. The fourth-order valence-electron chi connectivity index (χ4n) is 1.56. The second kappa shape index (κ2) is 6.42. The first-order valence-electron chi connectivity index (χ1n) is 5.69. The number of hydrogen-bond acceptors (Lipinski definition) is 4. The van der Waals surface area contributed by atoms with Crippen LogP contribution in [0.4, 0.5) is 18.9 Å². The van der Waals surface area contributed by atoms with E-state index in [4.69, 9.17) is 10.5 Å². The van der Waals surface area contributed by atoms with Gasteiger partial charge < -0.3 is 15.8 Å². The zero-order valence-electron chi connectivity index (χ0n) is 11.0. The highest BCUT2D eigenvalue weighted by atomic mass is 19.4. The van der Waals surface area contributed by atoms with Crippen LogP contribution in [-0.4, -0.2) is 19.1 Å². The molecule has 1 unspecified atom stereocenters. The molecule has 0 amide bonds. The minimum Gasteiger partial charge on any atom is -0.404 e. The van der Waals surface area contributed by atoms with E-state index in [-0.39, 0.29) is 11.4 Å². The van der Waals surface area contributed by atoms with E-state index in [1.807, 2.05) is 0 Å². The largest absolute Gasteiger partial charge is 0.416 e. The number of methoxy groups -OCH3 is 1. The summed E-state index contributed by atoms with van der Waals surface area (Å²) in [5.74, 6) is -0.293. The van der Waals surface area contributed by atoms with Crippen LogP contribution in [0.5, 0.6) is 0 Å². The molecular formula is C13H15F3N2O2. The van der Waals surface area contributed by atoms with E-state index < -0.39 is 18.0 Å². The van der Waals surface area contributed by atoms with Crippen LogP contribution < -0.4 is 11.1 Å². The van der Waals surface area contributed by atoms with Gasteiger partial charge in [0.25, 0.3) is 0 Å². The summed E-state index contributed by atoms with van der Waals surface area (Å²) in [6.07, 6.45) is -4.11. The summed E-state index contributed by atoms with van der Waals surface area (Å²) in [6.45, 7) is 1.32. The first-order chi connectivity index (χ1) is 9.29. The summed E-state index contributed by atoms with van der Waals surface area (Å²) < 4.78 is 42.3. The molecule has 0 fully saturated rings. The smallest absolute Gasteiger partial charge is 0.404 e. The van der Waals surface area contributed by atoms with Gasteiger partial charge in [-0.15, -0.1) is 0 Å². The zero-order valence-corrected chi connectivity index (χ0v) is 11.0. The van der Waals surface area contributed by atoms with Crippen LogP contribution in [0.15, 0.2) is 36.0 Å². The first kappa shape index (κ1) is 16.0. The van der Waals surface area contributed by atoms with Crippen LogP contribution in [0.2, 0.25) is 0 Å². The third kappa shape index (κ3) is 3.99. The Labute approximate surface area is 114 Å². The van der Waals surface area contributed by atoms with Gasteiger partial charge in [-0.1, -0.05) is 0 Å². The number of nitrogens with two attached hydrogens (primary N) is 1. The molecule has 0 aliphatic rings. The molecule has 0 saturated heterocycles. The van der Waals surface area contributed by atoms with Crippen molar-refractivity contribution in [3.63, 3.8) is 0 Å². The normalized spacial score (nSPS) is 13.9. The molecule has 1 aromatic carbocycles. The van der Waals surface area contributed by atoms with Gasteiger partial charge in [-0.25, -0.2) is 0 Å². The van der Waals surface area contributed by atoms with Crippen LogP contribution in [-0.2, 0) is 15.7 Å². The van der Waals surface area contributed by atoms with Gasteiger partial charge in [-0.2, -0.15) is 13.2 Å². The quantitative estimate of drug-likeness (QED) is 0.645. The van der Waals surface area contributed by atoms with Crippen LogP contribution >= 0.6 is 0 Å². The minimum absolute atomic E-state index is 0.187. The van der Waals surface area contributed by atoms with Crippen molar-refractivity contribution in [3.05, 3.63) is 41.6 Å². The minimum atomic E-state index is -4.39. The number of benzene rings is 1. The van der Waals surface area contributed by atoms with Crippen molar-refractivity contribution in [2.24, 2.45) is 5.73 Å². The summed E-state index contributed by atoms with van der Waals surface area (Å²) in [7, 11) is 1.36. The van der Waals surface area contributed by atoms with Crippen molar-refractivity contribution in [3.8, 4) is 0 Å². The lowest BCUT2D eigenvalue weighted by atomic mass is 10.1.